The van der Waals surface area contributed by atoms with Gasteiger partial charge in [-0.25, -0.2) is 12.8 Å². The first-order valence-electron chi connectivity index (χ1n) is 12.7. The van der Waals surface area contributed by atoms with Gasteiger partial charge in [0.1, 0.15) is 24.7 Å². The average Bonchev–Trinajstić information content (AvgIpc) is 2.99. The molecule has 0 saturated heterocycles. The first-order valence-corrected chi connectivity index (χ1v) is 14.2. The number of methoxy groups -OCH3 is 2. The van der Waals surface area contributed by atoms with Crippen molar-refractivity contribution in [2.24, 2.45) is 0 Å². The van der Waals surface area contributed by atoms with Gasteiger partial charge in [0.15, 0.2) is 11.5 Å². The first-order chi connectivity index (χ1) is 19.7. The summed E-state index contributed by atoms with van der Waals surface area (Å²) in [6.07, 6.45) is 0. The van der Waals surface area contributed by atoms with Crippen LogP contribution < -0.4 is 23.8 Å². The second-order valence-electron chi connectivity index (χ2n) is 9.20. The number of amides is 1. The molecule has 0 atom stereocenters. The minimum atomic E-state index is -4.14. The van der Waals surface area contributed by atoms with E-state index in [9.17, 15) is 17.6 Å². The third-order valence-electron chi connectivity index (χ3n) is 6.28. The number of hydrogen-bond acceptors (Lipinski definition) is 6. The summed E-state index contributed by atoms with van der Waals surface area (Å²) in [4.78, 5) is 13.0. The van der Waals surface area contributed by atoms with E-state index in [-0.39, 0.29) is 23.0 Å². The summed E-state index contributed by atoms with van der Waals surface area (Å²) in [5.41, 5.74) is 2.94. The highest BCUT2D eigenvalue weighted by atomic mass is 32.2. The molecule has 8 nitrogen and oxygen atoms in total. The molecule has 1 N–H and O–H groups in total. The number of carbonyl (C=O) groups is 1. The lowest BCUT2D eigenvalue weighted by Crippen LogP contribution is -2.40. The Morgan fingerprint density at radius 2 is 1.46 bits per heavy atom. The zero-order valence-electron chi connectivity index (χ0n) is 23.0. The highest BCUT2D eigenvalue weighted by molar-refractivity contribution is 7.92. The van der Waals surface area contributed by atoms with Crippen molar-refractivity contribution in [1.29, 1.82) is 0 Å². The van der Waals surface area contributed by atoms with Gasteiger partial charge in [0.2, 0.25) is 5.91 Å². The predicted molar refractivity (Wildman–Crippen MR) is 154 cm³/mol. The van der Waals surface area contributed by atoms with E-state index in [1.165, 1.54) is 44.6 Å². The fraction of sp³-hybridized carbons (Fsp3) is 0.194. The summed E-state index contributed by atoms with van der Waals surface area (Å²) in [6, 6.07) is 24.4. The first kappa shape index (κ1) is 29.4. The van der Waals surface area contributed by atoms with Crippen LogP contribution in [0.15, 0.2) is 95.9 Å². The van der Waals surface area contributed by atoms with Gasteiger partial charge in [-0.1, -0.05) is 42.0 Å². The van der Waals surface area contributed by atoms with Gasteiger partial charge in [0, 0.05) is 12.6 Å². The van der Waals surface area contributed by atoms with E-state index in [1.54, 1.807) is 60.7 Å². The number of carbonyl (C=O) groups excluding carboxylic acids is 1. The lowest BCUT2D eigenvalue weighted by atomic mass is 10.2. The molecule has 0 aliphatic carbocycles. The van der Waals surface area contributed by atoms with Crippen molar-refractivity contribution in [2.45, 2.75) is 25.0 Å². The Morgan fingerprint density at radius 1 is 0.829 bits per heavy atom. The second kappa shape index (κ2) is 13.2. The third-order valence-corrected chi connectivity index (χ3v) is 8.05. The molecule has 4 aromatic carbocycles. The number of ether oxygens (including phenoxy) is 3. The molecular formula is C31H31FN2O6S. The number of aryl methyl sites for hydroxylation is 1. The highest BCUT2D eigenvalue weighted by Gasteiger charge is 2.28. The maximum absolute atomic E-state index is 13.7. The largest absolute Gasteiger partial charge is 0.493 e. The molecule has 10 heteroatoms. The highest BCUT2D eigenvalue weighted by Crippen LogP contribution is 2.32. The van der Waals surface area contributed by atoms with Gasteiger partial charge in [-0.2, -0.15) is 0 Å². The van der Waals surface area contributed by atoms with Crippen LogP contribution in [0.3, 0.4) is 0 Å². The van der Waals surface area contributed by atoms with Crippen molar-refractivity contribution >= 4 is 21.6 Å². The molecule has 0 heterocycles. The van der Waals surface area contributed by atoms with Gasteiger partial charge in [0.05, 0.1) is 24.8 Å². The Labute approximate surface area is 239 Å². The van der Waals surface area contributed by atoms with Crippen LogP contribution >= 0.6 is 0 Å². The van der Waals surface area contributed by atoms with Gasteiger partial charge in [-0.15, -0.1) is 0 Å². The normalized spacial score (nSPS) is 11.0. The molecule has 214 valence electrons. The lowest BCUT2D eigenvalue weighted by molar-refractivity contribution is -0.119. The third kappa shape index (κ3) is 7.55. The molecule has 0 bridgehead atoms. The number of sulfonamides is 1. The van der Waals surface area contributed by atoms with Crippen molar-refractivity contribution in [3.63, 3.8) is 0 Å². The second-order valence-corrected chi connectivity index (χ2v) is 11.1. The number of nitrogens with one attached hydrogen (secondary N) is 1. The smallest absolute Gasteiger partial charge is 0.264 e. The van der Waals surface area contributed by atoms with Crippen LogP contribution in [0.25, 0.3) is 0 Å². The van der Waals surface area contributed by atoms with E-state index >= 15 is 0 Å². The summed E-state index contributed by atoms with van der Waals surface area (Å²) in [5.74, 6) is 0.479. The van der Waals surface area contributed by atoms with Crippen LogP contribution in [0.1, 0.15) is 16.7 Å². The topological polar surface area (TPSA) is 94.2 Å². The summed E-state index contributed by atoms with van der Waals surface area (Å²) in [6.45, 7) is 1.94. The molecule has 0 spiro atoms. The fourth-order valence-electron chi connectivity index (χ4n) is 3.97. The Morgan fingerprint density at radius 3 is 2.10 bits per heavy atom. The zero-order valence-corrected chi connectivity index (χ0v) is 23.8. The number of hydrogen-bond donors (Lipinski definition) is 1. The van der Waals surface area contributed by atoms with E-state index < -0.39 is 22.5 Å². The van der Waals surface area contributed by atoms with Crippen LogP contribution in [0, 0.1) is 12.7 Å². The zero-order chi connectivity index (χ0) is 29.4. The minimum absolute atomic E-state index is 0.0419. The number of rotatable bonds is 12. The standard InChI is InChI=1S/C31H31FN2O6S/c1-22-4-12-26(13-5-22)34(41(36,37)28-16-17-29(38-2)30(18-28)39-3)20-31(35)33-19-23-8-14-27(15-9-23)40-21-24-6-10-25(32)11-7-24/h4-18H,19-21H2,1-3H3,(H,33,35). The Kier molecular flexibility index (Phi) is 9.46. The molecule has 0 aromatic heterocycles. The van der Waals surface area contributed by atoms with Crippen LogP contribution in [0.5, 0.6) is 17.2 Å². The quantitative estimate of drug-likeness (QED) is 0.247. The monoisotopic (exact) mass is 578 g/mol. The maximum atomic E-state index is 13.7. The molecule has 4 aromatic rings. The SMILES string of the molecule is COc1ccc(S(=O)(=O)N(CC(=O)NCc2ccc(OCc3ccc(F)cc3)cc2)c2ccc(C)cc2)cc1OC. The molecule has 0 unspecified atom stereocenters. The van der Waals surface area contributed by atoms with Crippen LogP contribution in [0.2, 0.25) is 0 Å². The molecule has 0 aliphatic heterocycles. The van der Waals surface area contributed by atoms with Gasteiger partial charge in [-0.3, -0.25) is 9.10 Å². The number of halogens is 1. The number of nitrogens with zero attached hydrogens (tertiary/aromatic N) is 1. The molecule has 0 fully saturated rings. The maximum Gasteiger partial charge on any atom is 0.264 e. The van der Waals surface area contributed by atoms with Gasteiger partial charge in [0.25, 0.3) is 10.0 Å². The molecule has 41 heavy (non-hydrogen) atoms. The van der Waals surface area contributed by atoms with E-state index in [0.717, 1.165) is 21.0 Å². The average molecular weight is 579 g/mol. The van der Waals surface area contributed by atoms with Crippen LogP contribution in [-0.2, 0) is 28.0 Å². The molecule has 0 radical (unpaired) electrons. The molecule has 0 aliphatic rings. The van der Waals surface area contributed by atoms with Crippen molar-refractivity contribution < 1.29 is 31.8 Å². The van der Waals surface area contributed by atoms with Gasteiger partial charge in [-0.05, 0) is 66.6 Å². The summed E-state index contributed by atoms with van der Waals surface area (Å²) < 4.78 is 57.8. The van der Waals surface area contributed by atoms with Crippen molar-refractivity contribution in [3.8, 4) is 17.2 Å². The molecule has 1 amide bonds. The van der Waals surface area contributed by atoms with E-state index in [2.05, 4.69) is 5.32 Å². The van der Waals surface area contributed by atoms with Crippen molar-refractivity contribution in [3.05, 3.63) is 114 Å². The number of anilines is 1. The van der Waals surface area contributed by atoms with Gasteiger partial charge < -0.3 is 19.5 Å². The molecular weight excluding hydrogens is 547 g/mol. The summed E-state index contributed by atoms with van der Waals surface area (Å²) in [7, 11) is -1.26. The predicted octanol–water partition coefficient (Wildman–Crippen LogP) is 5.24. The number of benzene rings is 4. The van der Waals surface area contributed by atoms with Gasteiger partial charge >= 0.3 is 0 Å². The van der Waals surface area contributed by atoms with E-state index in [4.69, 9.17) is 14.2 Å². The minimum Gasteiger partial charge on any atom is -0.493 e. The molecule has 0 saturated carbocycles. The van der Waals surface area contributed by atoms with Crippen molar-refractivity contribution in [2.75, 3.05) is 25.1 Å². The lowest BCUT2D eigenvalue weighted by Gasteiger charge is -2.24. The van der Waals surface area contributed by atoms with E-state index in [0.29, 0.717) is 23.8 Å². The van der Waals surface area contributed by atoms with E-state index in [1.807, 2.05) is 6.92 Å². The van der Waals surface area contributed by atoms with Crippen LogP contribution in [-0.4, -0.2) is 35.1 Å². The van der Waals surface area contributed by atoms with Crippen LogP contribution in [0.4, 0.5) is 10.1 Å². The fourth-order valence-corrected chi connectivity index (χ4v) is 5.41. The Balaban J connectivity index is 1.44. The Hall–Kier alpha value is -4.57. The molecule has 4 rings (SSSR count). The van der Waals surface area contributed by atoms with Crippen molar-refractivity contribution in [1.82, 2.24) is 5.32 Å². The summed E-state index contributed by atoms with van der Waals surface area (Å²) >= 11 is 0. The summed E-state index contributed by atoms with van der Waals surface area (Å²) in [5, 5.41) is 2.79. The Bertz CT molecular complexity index is 1570.